The van der Waals surface area contributed by atoms with Gasteiger partial charge in [-0.3, -0.25) is 0 Å². The Morgan fingerprint density at radius 3 is 2.35 bits per heavy atom. The molecule has 23 heavy (non-hydrogen) atoms. The Hall–Kier alpha value is -2.89. The van der Waals surface area contributed by atoms with Gasteiger partial charge in [-0.1, -0.05) is 0 Å². The minimum absolute atomic E-state index is 0.449. The molecule has 0 spiro atoms. The Balaban J connectivity index is 2.25. The molecule has 0 unspecified atom stereocenters. The van der Waals surface area contributed by atoms with Crippen LogP contribution in [0, 0.1) is 0 Å². The van der Waals surface area contributed by atoms with Gasteiger partial charge in [-0.05, 0) is 6.07 Å². The zero-order valence-electron chi connectivity index (χ0n) is 13.4. The largest absolute Gasteiger partial charge is 0.496 e. The molecule has 0 saturated heterocycles. The highest BCUT2D eigenvalue weighted by Gasteiger charge is 2.19. The second-order valence-corrected chi connectivity index (χ2v) is 4.76. The van der Waals surface area contributed by atoms with Gasteiger partial charge in [0.1, 0.15) is 17.1 Å². The van der Waals surface area contributed by atoms with Crippen molar-refractivity contribution >= 4 is 11.0 Å². The first kappa shape index (κ1) is 15.0. The van der Waals surface area contributed by atoms with E-state index in [-0.39, 0.29) is 0 Å². The van der Waals surface area contributed by atoms with E-state index in [1.807, 2.05) is 18.2 Å². The van der Waals surface area contributed by atoms with Gasteiger partial charge in [-0.25, -0.2) is 0 Å². The lowest BCUT2D eigenvalue weighted by molar-refractivity contribution is 0.366. The summed E-state index contributed by atoms with van der Waals surface area (Å²) in [5, 5.41) is 0.832. The van der Waals surface area contributed by atoms with E-state index in [1.54, 1.807) is 40.8 Å². The van der Waals surface area contributed by atoms with Crippen molar-refractivity contribution in [1.82, 2.24) is 4.98 Å². The monoisotopic (exact) mass is 315 g/mol. The number of ether oxygens (including phenoxy) is 4. The van der Waals surface area contributed by atoms with Gasteiger partial charge in [0.25, 0.3) is 0 Å². The predicted molar refractivity (Wildman–Crippen MR) is 85.7 cm³/mol. The van der Waals surface area contributed by atoms with Crippen LogP contribution in [0.3, 0.4) is 0 Å². The van der Waals surface area contributed by atoms with Crippen LogP contribution in [0.25, 0.3) is 22.1 Å². The number of methoxy groups -OCH3 is 4. The van der Waals surface area contributed by atoms with Crippen LogP contribution >= 0.6 is 0 Å². The highest BCUT2D eigenvalue weighted by atomic mass is 16.5. The van der Waals surface area contributed by atoms with Crippen LogP contribution < -0.4 is 18.9 Å². The number of benzene rings is 1. The number of hydrogen-bond donors (Lipinski definition) is 0. The van der Waals surface area contributed by atoms with Crippen molar-refractivity contribution in [2.24, 2.45) is 0 Å². The van der Waals surface area contributed by atoms with Crippen LogP contribution in [0.5, 0.6) is 23.3 Å². The van der Waals surface area contributed by atoms with Crippen LogP contribution in [0.2, 0.25) is 0 Å². The first-order valence-corrected chi connectivity index (χ1v) is 6.94. The molecule has 0 aliphatic carbocycles. The normalized spacial score (nSPS) is 10.6. The van der Waals surface area contributed by atoms with Crippen molar-refractivity contribution in [2.45, 2.75) is 0 Å². The number of fused-ring (bicyclic) bond motifs is 1. The number of furan rings is 1. The summed E-state index contributed by atoms with van der Waals surface area (Å²) in [6.45, 7) is 0. The van der Waals surface area contributed by atoms with Gasteiger partial charge in [0, 0.05) is 29.3 Å². The van der Waals surface area contributed by atoms with E-state index in [0.29, 0.717) is 28.8 Å². The topological polar surface area (TPSA) is 63.0 Å². The maximum atomic E-state index is 5.67. The molecule has 3 rings (SSSR count). The van der Waals surface area contributed by atoms with Crippen molar-refractivity contribution in [2.75, 3.05) is 28.4 Å². The minimum atomic E-state index is 0.449. The molecule has 0 aliphatic rings. The lowest BCUT2D eigenvalue weighted by Crippen LogP contribution is -1.95. The number of hydrogen-bond acceptors (Lipinski definition) is 6. The molecule has 2 aromatic heterocycles. The van der Waals surface area contributed by atoms with E-state index >= 15 is 0 Å². The van der Waals surface area contributed by atoms with Crippen LogP contribution in [0.1, 0.15) is 0 Å². The summed E-state index contributed by atoms with van der Waals surface area (Å²) in [4.78, 5) is 4.31. The molecule has 2 heterocycles. The van der Waals surface area contributed by atoms with E-state index in [2.05, 4.69) is 4.98 Å². The zero-order chi connectivity index (χ0) is 16.4. The number of nitrogens with zero attached hydrogens (tertiary/aromatic N) is 1. The fraction of sp³-hybridized carbons (Fsp3) is 0.235. The van der Waals surface area contributed by atoms with Crippen LogP contribution in [-0.4, -0.2) is 33.4 Å². The molecule has 0 aliphatic heterocycles. The second kappa shape index (κ2) is 6.08. The Labute approximate surface area is 133 Å². The maximum Gasteiger partial charge on any atom is 0.224 e. The standard InChI is InChI=1S/C17H17NO5/c1-19-10-7-13(20-2)16-12(9-23-14(16)8-10)11-5-6-15(21-3)18-17(11)22-4/h5-9H,1-4H3. The van der Waals surface area contributed by atoms with Crippen molar-refractivity contribution in [3.63, 3.8) is 0 Å². The van der Waals surface area contributed by atoms with E-state index in [4.69, 9.17) is 23.4 Å². The van der Waals surface area contributed by atoms with Crippen molar-refractivity contribution in [1.29, 1.82) is 0 Å². The molecule has 1 aromatic carbocycles. The summed E-state index contributed by atoms with van der Waals surface area (Å²) in [6.07, 6.45) is 1.65. The molecule has 0 bridgehead atoms. The van der Waals surface area contributed by atoms with E-state index in [9.17, 15) is 0 Å². The molecule has 3 aromatic rings. The summed E-state index contributed by atoms with van der Waals surface area (Å²) in [7, 11) is 6.33. The van der Waals surface area contributed by atoms with Gasteiger partial charge >= 0.3 is 0 Å². The summed E-state index contributed by atoms with van der Waals surface area (Å²) >= 11 is 0. The van der Waals surface area contributed by atoms with E-state index in [0.717, 1.165) is 16.5 Å². The molecule has 120 valence electrons. The number of aromatic nitrogens is 1. The zero-order valence-corrected chi connectivity index (χ0v) is 13.4. The third-order valence-corrected chi connectivity index (χ3v) is 3.60. The first-order valence-electron chi connectivity index (χ1n) is 6.94. The highest BCUT2D eigenvalue weighted by Crippen LogP contribution is 2.42. The smallest absolute Gasteiger partial charge is 0.224 e. The molecule has 0 fully saturated rings. The van der Waals surface area contributed by atoms with Crippen molar-refractivity contribution in [3.8, 4) is 34.4 Å². The SMILES string of the molecule is COc1cc(OC)c2c(-c3ccc(OC)nc3OC)coc2c1. The molecule has 0 atom stereocenters. The molecular formula is C17H17NO5. The minimum Gasteiger partial charge on any atom is -0.496 e. The van der Waals surface area contributed by atoms with Gasteiger partial charge in [-0.15, -0.1) is 0 Å². The quantitative estimate of drug-likeness (QED) is 0.718. The fourth-order valence-corrected chi connectivity index (χ4v) is 2.48. The summed E-state index contributed by atoms with van der Waals surface area (Å²) in [5.74, 6) is 2.24. The Morgan fingerprint density at radius 1 is 0.870 bits per heavy atom. The lowest BCUT2D eigenvalue weighted by Gasteiger charge is -2.10. The molecule has 0 N–H and O–H groups in total. The molecule has 0 saturated carbocycles. The summed E-state index contributed by atoms with van der Waals surface area (Å²) in [6, 6.07) is 7.26. The van der Waals surface area contributed by atoms with E-state index < -0.39 is 0 Å². The van der Waals surface area contributed by atoms with Gasteiger partial charge < -0.3 is 23.4 Å². The van der Waals surface area contributed by atoms with Gasteiger partial charge in [0.15, 0.2) is 0 Å². The Kier molecular flexibility index (Phi) is 3.97. The molecule has 6 heteroatoms. The van der Waals surface area contributed by atoms with Gasteiger partial charge in [0.05, 0.1) is 40.1 Å². The maximum absolute atomic E-state index is 5.67. The first-order chi connectivity index (χ1) is 11.2. The van der Waals surface area contributed by atoms with Crippen LogP contribution in [-0.2, 0) is 0 Å². The van der Waals surface area contributed by atoms with E-state index in [1.165, 1.54) is 0 Å². The van der Waals surface area contributed by atoms with Crippen LogP contribution in [0.4, 0.5) is 0 Å². The third-order valence-electron chi connectivity index (χ3n) is 3.60. The third kappa shape index (κ3) is 2.52. The average Bonchev–Trinajstić information content (AvgIpc) is 3.03. The fourth-order valence-electron chi connectivity index (χ4n) is 2.48. The molecule has 0 radical (unpaired) electrons. The second-order valence-electron chi connectivity index (χ2n) is 4.76. The summed E-state index contributed by atoms with van der Waals surface area (Å²) in [5.41, 5.74) is 2.27. The Bertz CT molecular complexity index is 840. The summed E-state index contributed by atoms with van der Waals surface area (Å²) < 4.78 is 26.9. The lowest BCUT2D eigenvalue weighted by atomic mass is 10.0. The number of pyridine rings is 1. The van der Waals surface area contributed by atoms with Gasteiger partial charge in [-0.2, -0.15) is 4.98 Å². The predicted octanol–water partition coefficient (Wildman–Crippen LogP) is 3.53. The number of rotatable bonds is 5. The average molecular weight is 315 g/mol. The highest BCUT2D eigenvalue weighted by molar-refractivity contribution is 6.00. The molecule has 6 nitrogen and oxygen atoms in total. The Morgan fingerprint density at radius 2 is 1.70 bits per heavy atom. The van der Waals surface area contributed by atoms with Crippen LogP contribution in [0.15, 0.2) is 34.9 Å². The van der Waals surface area contributed by atoms with Crippen molar-refractivity contribution < 1.29 is 23.4 Å². The van der Waals surface area contributed by atoms with Gasteiger partial charge in [0.2, 0.25) is 11.8 Å². The molecular weight excluding hydrogens is 298 g/mol. The molecule has 0 amide bonds. The van der Waals surface area contributed by atoms with Crippen molar-refractivity contribution in [3.05, 3.63) is 30.5 Å².